The molecule has 0 spiro atoms. The number of aryl methyl sites for hydroxylation is 1. The first-order chi connectivity index (χ1) is 10.5. The van der Waals surface area contributed by atoms with Gasteiger partial charge in [0.15, 0.2) is 0 Å². The Morgan fingerprint density at radius 2 is 2.18 bits per heavy atom. The zero-order valence-corrected chi connectivity index (χ0v) is 12.7. The van der Waals surface area contributed by atoms with E-state index in [0.717, 1.165) is 11.3 Å². The van der Waals surface area contributed by atoms with Crippen molar-refractivity contribution in [3.63, 3.8) is 0 Å². The maximum atomic E-state index is 12.0. The molecule has 118 valence electrons. The third-order valence-corrected chi connectivity index (χ3v) is 4.59. The summed E-state index contributed by atoms with van der Waals surface area (Å²) in [5, 5.41) is 12.0. The molecule has 1 fully saturated rings. The van der Waals surface area contributed by atoms with Crippen LogP contribution in [0.3, 0.4) is 0 Å². The number of benzene rings is 1. The SMILES string of the molecule is N#CC1(NC(=O)CCc2ccc(OC(F)F)cc2)CCSC1. The Bertz CT molecular complexity index is 552. The first-order valence-electron chi connectivity index (χ1n) is 6.87. The topological polar surface area (TPSA) is 62.1 Å². The maximum absolute atomic E-state index is 12.0. The number of halogens is 2. The van der Waals surface area contributed by atoms with E-state index >= 15 is 0 Å². The average Bonchev–Trinajstić information content (AvgIpc) is 2.95. The minimum Gasteiger partial charge on any atom is -0.435 e. The molecule has 1 heterocycles. The zero-order chi connectivity index (χ0) is 16.0. The zero-order valence-electron chi connectivity index (χ0n) is 11.9. The molecule has 2 rings (SSSR count). The number of alkyl halides is 2. The van der Waals surface area contributed by atoms with Gasteiger partial charge in [0.25, 0.3) is 0 Å². The highest BCUT2D eigenvalue weighted by Crippen LogP contribution is 2.27. The summed E-state index contributed by atoms with van der Waals surface area (Å²) in [6.07, 6.45) is 1.40. The van der Waals surface area contributed by atoms with Crippen molar-refractivity contribution < 1.29 is 18.3 Å². The number of carbonyl (C=O) groups is 1. The van der Waals surface area contributed by atoms with Crippen LogP contribution in [0.1, 0.15) is 18.4 Å². The van der Waals surface area contributed by atoms with Gasteiger partial charge in [-0.3, -0.25) is 4.79 Å². The standard InChI is InChI=1S/C15H16F2N2O2S/c16-14(17)21-12-4-1-11(2-5-12)3-6-13(20)19-15(9-18)7-8-22-10-15/h1-2,4-5,14H,3,6-8,10H2,(H,19,20). The molecule has 0 aliphatic carbocycles. The van der Waals surface area contributed by atoms with Gasteiger partial charge in [0, 0.05) is 12.2 Å². The molecule has 22 heavy (non-hydrogen) atoms. The van der Waals surface area contributed by atoms with Gasteiger partial charge in [-0.05, 0) is 36.3 Å². The van der Waals surface area contributed by atoms with Gasteiger partial charge in [0.2, 0.25) is 5.91 Å². The lowest BCUT2D eigenvalue weighted by atomic mass is 10.0. The number of ether oxygens (including phenoxy) is 1. The van der Waals surface area contributed by atoms with Crippen LogP contribution in [0.2, 0.25) is 0 Å². The van der Waals surface area contributed by atoms with E-state index in [1.54, 1.807) is 23.9 Å². The number of rotatable bonds is 6. The molecule has 1 amide bonds. The van der Waals surface area contributed by atoms with Crippen molar-refractivity contribution in [2.75, 3.05) is 11.5 Å². The molecule has 0 bridgehead atoms. The van der Waals surface area contributed by atoms with Gasteiger partial charge in [-0.2, -0.15) is 25.8 Å². The molecule has 0 aromatic heterocycles. The third kappa shape index (κ3) is 4.60. The molecular formula is C15H16F2N2O2S. The molecule has 1 aliphatic rings. The molecule has 1 saturated heterocycles. The quantitative estimate of drug-likeness (QED) is 0.873. The smallest absolute Gasteiger partial charge is 0.387 e. The lowest BCUT2D eigenvalue weighted by Crippen LogP contribution is -2.47. The molecule has 1 atom stereocenters. The fourth-order valence-electron chi connectivity index (χ4n) is 2.20. The second kappa shape index (κ2) is 7.45. The van der Waals surface area contributed by atoms with Crippen molar-refractivity contribution in [2.45, 2.75) is 31.4 Å². The van der Waals surface area contributed by atoms with Gasteiger partial charge in [0.1, 0.15) is 11.3 Å². The summed E-state index contributed by atoms with van der Waals surface area (Å²) in [6, 6.07) is 8.39. The molecule has 1 unspecified atom stereocenters. The summed E-state index contributed by atoms with van der Waals surface area (Å²) in [4.78, 5) is 12.0. The highest BCUT2D eigenvalue weighted by Gasteiger charge is 2.35. The van der Waals surface area contributed by atoms with E-state index in [1.807, 2.05) is 0 Å². The van der Waals surface area contributed by atoms with Gasteiger partial charge >= 0.3 is 6.61 Å². The number of carbonyl (C=O) groups excluding carboxylic acids is 1. The van der Waals surface area contributed by atoms with Gasteiger partial charge in [-0.15, -0.1) is 0 Å². The van der Waals surface area contributed by atoms with Gasteiger partial charge in [-0.1, -0.05) is 12.1 Å². The van der Waals surface area contributed by atoms with Gasteiger partial charge in [0.05, 0.1) is 6.07 Å². The van der Waals surface area contributed by atoms with E-state index < -0.39 is 12.2 Å². The number of amides is 1. The Balaban J connectivity index is 1.82. The summed E-state index contributed by atoms with van der Waals surface area (Å²) >= 11 is 1.66. The Hall–Kier alpha value is -1.81. The van der Waals surface area contributed by atoms with Crippen LogP contribution in [0.4, 0.5) is 8.78 Å². The highest BCUT2D eigenvalue weighted by molar-refractivity contribution is 7.99. The Morgan fingerprint density at radius 3 is 2.73 bits per heavy atom. The highest BCUT2D eigenvalue weighted by atomic mass is 32.2. The summed E-state index contributed by atoms with van der Waals surface area (Å²) in [5.41, 5.74) is 0.111. The van der Waals surface area contributed by atoms with Crippen molar-refractivity contribution in [2.24, 2.45) is 0 Å². The second-order valence-corrected chi connectivity index (χ2v) is 6.17. The summed E-state index contributed by atoms with van der Waals surface area (Å²) in [6.45, 7) is -2.84. The number of hydrogen-bond donors (Lipinski definition) is 1. The molecule has 1 aromatic carbocycles. The number of nitrogens with zero attached hydrogens (tertiary/aromatic N) is 1. The van der Waals surface area contributed by atoms with Crippen LogP contribution >= 0.6 is 11.8 Å². The van der Waals surface area contributed by atoms with Crippen molar-refractivity contribution >= 4 is 17.7 Å². The van der Waals surface area contributed by atoms with E-state index in [2.05, 4.69) is 16.1 Å². The molecule has 1 N–H and O–H groups in total. The van der Waals surface area contributed by atoms with E-state index in [4.69, 9.17) is 0 Å². The minimum absolute atomic E-state index is 0.0922. The van der Waals surface area contributed by atoms with E-state index in [0.29, 0.717) is 18.6 Å². The van der Waals surface area contributed by atoms with E-state index in [1.165, 1.54) is 12.1 Å². The van der Waals surface area contributed by atoms with E-state index in [-0.39, 0.29) is 18.1 Å². The first kappa shape index (κ1) is 16.6. The summed E-state index contributed by atoms with van der Waals surface area (Å²) in [5.74, 6) is 1.42. The number of thioether (sulfide) groups is 1. The maximum Gasteiger partial charge on any atom is 0.387 e. The Kier molecular flexibility index (Phi) is 5.61. The van der Waals surface area contributed by atoms with Crippen molar-refractivity contribution in [1.29, 1.82) is 5.26 Å². The lowest BCUT2D eigenvalue weighted by Gasteiger charge is -2.21. The van der Waals surface area contributed by atoms with Crippen molar-refractivity contribution in [3.8, 4) is 11.8 Å². The normalized spacial score (nSPS) is 20.6. The molecule has 0 saturated carbocycles. The average molecular weight is 326 g/mol. The second-order valence-electron chi connectivity index (χ2n) is 5.07. The van der Waals surface area contributed by atoms with Gasteiger partial charge in [-0.25, -0.2) is 0 Å². The van der Waals surface area contributed by atoms with Crippen LogP contribution in [0.25, 0.3) is 0 Å². The predicted octanol–water partition coefficient (Wildman–Crippen LogP) is 2.74. The number of nitrogens with one attached hydrogen (secondary N) is 1. The van der Waals surface area contributed by atoms with Crippen molar-refractivity contribution in [1.82, 2.24) is 5.32 Å². The fourth-order valence-corrected chi connectivity index (χ4v) is 3.47. The lowest BCUT2D eigenvalue weighted by molar-refractivity contribution is -0.122. The molecule has 4 nitrogen and oxygen atoms in total. The molecule has 1 aromatic rings. The van der Waals surface area contributed by atoms with Crippen LogP contribution in [-0.4, -0.2) is 29.6 Å². The molecular weight excluding hydrogens is 310 g/mol. The summed E-state index contributed by atoms with van der Waals surface area (Å²) in [7, 11) is 0. The number of hydrogen-bond acceptors (Lipinski definition) is 4. The van der Waals surface area contributed by atoms with Gasteiger partial charge < -0.3 is 10.1 Å². The summed E-state index contributed by atoms with van der Waals surface area (Å²) < 4.78 is 28.3. The Morgan fingerprint density at radius 1 is 1.45 bits per heavy atom. The molecule has 7 heteroatoms. The fraction of sp³-hybridized carbons (Fsp3) is 0.467. The van der Waals surface area contributed by atoms with E-state index in [9.17, 15) is 18.8 Å². The largest absolute Gasteiger partial charge is 0.435 e. The van der Waals surface area contributed by atoms with Crippen LogP contribution < -0.4 is 10.1 Å². The number of nitriles is 1. The Labute approximate surface area is 131 Å². The van der Waals surface area contributed by atoms with Crippen LogP contribution in [0.5, 0.6) is 5.75 Å². The monoisotopic (exact) mass is 326 g/mol. The van der Waals surface area contributed by atoms with Crippen LogP contribution in [0, 0.1) is 11.3 Å². The van der Waals surface area contributed by atoms with Crippen LogP contribution in [-0.2, 0) is 11.2 Å². The molecule has 0 radical (unpaired) electrons. The molecule has 1 aliphatic heterocycles. The third-order valence-electron chi connectivity index (χ3n) is 3.40. The first-order valence-corrected chi connectivity index (χ1v) is 8.02. The van der Waals surface area contributed by atoms with Crippen LogP contribution in [0.15, 0.2) is 24.3 Å². The predicted molar refractivity (Wildman–Crippen MR) is 79.8 cm³/mol. The van der Waals surface area contributed by atoms with Crippen molar-refractivity contribution in [3.05, 3.63) is 29.8 Å². The minimum atomic E-state index is -2.84.